The van der Waals surface area contributed by atoms with E-state index in [1.807, 2.05) is 0 Å². The van der Waals surface area contributed by atoms with Crippen molar-refractivity contribution in [1.82, 2.24) is 47.4 Å². The zero-order chi connectivity index (χ0) is 108. The normalized spacial score (nSPS) is 13.0. The van der Waals surface area contributed by atoms with Gasteiger partial charge in [0.25, 0.3) is 11.8 Å². The molecule has 1 heterocycles. The van der Waals surface area contributed by atoms with Crippen LogP contribution in [-0.2, 0) is 162 Å². The molecule has 0 aromatic heterocycles. The number of hydrogen-bond acceptors (Lipinski definition) is 34. The van der Waals surface area contributed by atoms with E-state index in [0.717, 1.165) is 17.1 Å². The van der Waals surface area contributed by atoms with Crippen LogP contribution < -0.4 is 42.5 Å². The molecule has 43 nitrogen and oxygen atoms in total. The molecule has 0 spiro atoms. The lowest BCUT2D eigenvalue weighted by atomic mass is 9.88. The molecule has 0 saturated carbocycles. The van der Waals surface area contributed by atoms with Crippen molar-refractivity contribution in [3.63, 3.8) is 0 Å². The third-order valence-corrected chi connectivity index (χ3v) is 20.4. The summed E-state index contributed by atoms with van der Waals surface area (Å²) in [6.07, 6.45) is 0.953. The molecule has 0 fully saturated rings. The number of rotatable bonds is 63. The van der Waals surface area contributed by atoms with Crippen LogP contribution >= 0.6 is 0 Å². The van der Waals surface area contributed by atoms with Crippen molar-refractivity contribution in [1.29, 1.82) is 0 Å². The molecular formula is C98H163N9O34. The van der Waals surface area contributed by atoms with E-state index in [0.29, 0.717) is 6.42 Å². The Balaban J connectivity index is 3.79. The van der Waals surface area contributed by atoms with Gasteiger partial charge in [0.2, 0.25) is 47.3 Å². The number of nitrogens with one attached hydrogen (secondary N) is 8. The Morgan fingerprint density at radius 3 is 0.695 bits per heavy atom. The van der Waals surface area contributed by atoms with Crippen LogP contribution in [-0.4, -0.2) is 308 Å². The van der Waals surface area contributed by atoms with Crippen LogP contribution in [0.25, 0.3) is 0 Å². The first kappa shape index (κ1) is 128. The summed E-state index contributed by atoms with van der Waals surface area (Å²) in [5.41, 5.74) is -15.1. The quantitative estimate of drug-likeness (QED) is 0.0174. The van der Waals surface area contributed by atoms with Crippen molar-refractivity contribution < 1.29 is 162 Å². The number of carbonyl (C=O) groups is 20. The van der Waals surface area contributed by atoms with Gasteiger partial charge in [0.15, 0.2) is 0 Å². The number of Topliss-reactive ketones (excluding diaryl/α,β-unsaturated/α-hetero) is 1. The SMILES string of the molecule is CC(C)(C)C(=O)OCC(COCC(=O)NCCC(=O)NCCC(=O)NCC(CNC(=O)CCNC(=O)COCC(COC(=O)C(C)(C)C)(COC(=O)C(C)(C)C)COC(=O)C(C)(C)C)(CNC(=O)CCNC(=O)COCC(COC(=O)C(C)(C)C)(COC(=O)C(C)(C)C)COC(=O)C(C)(C)C)COCCNC(=O)CCOCCCC(=O)CCN1C(=O)C=CC1=O)(COC(=O)C(C)(C)C)COC(=O)C(C)(C)C. The fourth-order valence-electron chi connectivity index (χ4n) is 11.0. The van der Waals surface area contributed by atoms with Gasteiger partial charge in [-0.2, -0.15) is 0 Å². The summed E-state index contributed by atoms with van der Waals surface area (Å²) in [7, 11) is 0. The molecule has 8 N–H and O–H groups in total. The van der Waals surface area contributed by atoms with Crippen LogP contribution in [0, 0.1) is 70.4 Å². The van der Waals surface area contributed by atoms with Crippen LogP contribution in [0.15, 0.2) is 12.2 Å². The highest BCUT2D eigenvalue weighted by Crippen LogP contribution is 2.33. The number of nitrogens with zero attached hydrogens (tertiary/aromatic N) is 1. The third kappa shape index (κ3) is 54.4. The Morgan fingerprint density at radius 1 is 0.227 bits per heavy atom. The number of imide groups is 1. The van der Waals surface area contributed by atoms with E-state index in [9.17, 15) is 95.9 Å². The molecular weight excluding hydrogens is 1850 g/mol. The summed E-state index contributed by atoms with van der Waals surface area (Å²) in [5.74, 6) is -12.4. The van der Waals surface area contributed by atoms with Crippen molar-refractivity contribution in [2.75, 3.05) is 184 Å². The number of ether oxygens (including phenoxy) is 14. The molecule has 0 atom stereocenters. The van der Waals surface area contributed by atoms with Crippen LogP contribution in [0.2, 0.25) is 0 Å². The van der Waals surface area contributed by atoms with E-state index in [-0.39, 0.29) is 97.0 Å². The lowest BCUT2D eigenvalue weighted by Crippen LogP contribution is -2.54. The average Bonchev–Trinajstić information content (AvgIpc) is 1.26. The first-order valence-electron chi connectivity index (χ1n) is 47.3. The van der Waals surface area contributed by atoms with Gasteiger partial charge in [-0.25, -0.2) is 0 Å². The van der Waals surface area contributed by atoms with E-state index < -0.39 is 321 Å². The van der Waals surface area contributed by atoms with Crippen LogP contribution in [0.5, 0.6) is 0 Å². The minimum atomic E-state index is -1.55. The topological polar surface area (TPSA) is 570 Å². The maximum Gasteiger partial charge on any atom is 0.311 e. The van der Waals surface area contributed by atoms with Gasteiger partial charge in [-0.05, 0) is 193 Å². The standard InChI is InChI=1S/C98H163N9O34/c1-86(2,3)77(119)133-57-96(58-134-78(120)87(4,5)6,59-135-79(121)88(7,8)9)54-130-47-72(114)100-39-32-67(109)99-38-33-68(110)104-50-95(53-129-46-42-103-71(113)37-45-128-44-28-29-66(108)36-43-107-75(117)30-31-76(107)118,51-105-69(111)34-40-101-73(115)48-131-55-97(60-136-80(122)89(10,11)12,61-137-81(123)90(13,14)15)62-138-82(124)91(16,17)18)52-106-70(112)35-41-102-74(116)49-132-56-98(63-139-83(125)92(19,20)21,64-140-84(126)93(22,23)24)65-141-85(127)94(25,26)27/h30-31H,28-29,32-65H2,1-27H3,(H,99,109)(H,100,114)(H,101,115)(H,102,116)(H,103,113)(H,104,110)(H,105,111)(H,106,112). The highest BCUT2D eigenvalue weighted by atomic mass is 16.6. The summed E-state index contributed by atoms with van der Waals surface area (Å²) < 4.78 is 80.5. The maximum atomic E-state index is 14.1. The molecule has 0 unspecified atom stereocenters. The molecule has 0 bridgehead atoms. The van der Waals surface area contributed by atoms with Gasteiger partial charge in [0.05, 0.1) is 105 Å². The van der Waals surface area contributed by atoms with Gasteiger partial charge in [-0.1, -0.05) is 0 Å². The van der Waals surface area contributed by atoms with E-state index in [4.69, 9.17) is 66.3 Å². The first-order chi connectivity index (χ1) is 64.7. The molecule has 43 heteroatoms. The summed E-state index contributed by atoms with van der Waals surface area (Å²) in [5, 5.41) is 21.4. The van der Waals surface area contributed by atoms with Gasteiger partial charge < -0.3 is 109 Å². The number of carbonyl (C=O) groups excluding carboxylic acids is 20. The van der Waals surface area contributed by atoms with E-state index >= 15 is 0 Å². The molecule has 1 aliphatic rings. The highest BCUT2D eigenvalue weighted by Gasteiger charge is 2.45. The number of ketones is 1. The second-order valence-electron chi connectivity index (χ2n) is 45.0. The van der Waals surface area contributed by atoms with E-state index in [1.165, 1.54) is 0 Å². The molecule has 10 amide bonds. The molecule has 141 heavy (non-hydrogen) atoms. The van der Waals surface area contributed by atoms with Crippen molar-refractivity contribution in [3.8, 4) is 0 Å². The van der Waals surface area contributed by atoms with Gasteiger partial charge in [-0.3, -0.25) is 101 Å². The number of amides is 10. The summed E-state index contributed by atoms with van der Waals surface area (Å²) >= 11 is 0. The second-order valence-corrected chi connectivity index (χ2v) is 45.0. The van der Waals surface area contributed by atoms with Gasteiger partial charge >= 0.3 is 53.7 Å². The smallest absolute Gasteiger partial charge is 0.311 e. The number of esters is 9. The van der Waals surface area contributed by atoms with E-state index in [2.05, 4.69) is 42.5 Å². The Morgan fingerprint density at radius 2 is 0.447 bits per heavy atom. The summed E-state index contributed by atoms with van der Waals surface area (Å²) in [4.78, 5) is 264. The summed E-state index contributed by atoms with van der Waals surface area (Å²) in [6, 6.07) is 0. The van der Waals surface area contributed by atoms with Gasteiger partial charge in [-0.15, -0.1) is 0 Å². The molecule has 1 aliphatic heterocycles. The largest absolute Gasteiger partial charge is 0.464 e. The summed E-state index contributed by atoms with van der Waals surface area (Å²) in [6.45, 7) is 32.8. The molecule has 1 rings (SSSR count). The van der Waals surface area contributed by atoms with Crippen LogP contribution in [0.4, 0.5) is 0 Å². The zero-order valence-electron chi connectivity index (χ0n) is 88.4. The second kappa shape index (κ2) is 58.8. The molecule has 0 aromatic carbocycles. The van der Waals surface area contributed by atoms with Crippen molar-refractivity contribution in [2.45, 2.75) is 238 Å². The first-order valence-corrected chi connectivity index (χ1v) is 47.3. The van der Waals surface area contributed by atoms with E-state index in [1.54, 1.807) is 187 Å². The fraction of sp³-hybridized carbons (Fsp3) is 0.776. The Kier molecular flexibility index (Phi) is 53.5. The lowest BCUT2D eigenvalue weighted by molar-refractivity contribution is -0.179. The minimum absolute atomic E-state index is 0.0415. The van der Waals surface area contributed by atoms with Gasteiger partial charge in [0.1, 0.15) is 85.1 Å². The fourth-order valence-corrected chi connectivity index (χ4v) is 11.0. The minimum Gasteiger partial charge on any atom is -0.464 e. The molecule has 0 aliphatic carbocycles. The van der Waals surface area contributed by atoms with Crippen molar-refractivity contribution >= 4 is 119 Å². The third-order valence-electron chi connectivity index (χ3n) is 20.4. The molecule has 0 radical (unpaired) electrons. The molecule has 0 aromatic rings. The van der Waals surface area contributed by atoms with Crippen LogP contribution in [0.1, 0.15) is 238 Å². The average molecular weight is 2010 g/mol. The molecule has 804 valence electrons. The van der Waals surface area contributed by atoms with Crippen molar-refractivity contribution in [3.05, 3.63) is 12.2 Å². The van der Waals surface area contributed by atoms with Crippen LogP contribution in [0.3, 0.4) is 0 Å². The zero-order valence-corrected chi connectivity index (χ0v) is 88.4. The predicted octanol–water partition coefficient (Wildman–Crippen LogP) is 4.86. The van der Waals surface area contributed by atoms with Gasteiger partial charge in [0, 0.05) is 128 Å². The Labute approximate surface area is 829 Å². The monoisotopic (exact) mass is 2010 g/mol. The Bertz CT molecular complexity index is 3850. The maximum absolute atomic E-state index is 14.1. The van der Waals surface area contributed by atoms with Crippen molar-refractivity contribution in [2.24, 2.45) is 70.4 Å². The lowest BCUT2D eigenvalue weighted by Gasteiger charge is -2.34. The number of hydrogen-bond donors (Lipinski definition) is 8. The Hall–Kier alpha value is -10.7. The highest BCUT2D eigenvalue weighted by molar-refractivity contribution is 6.13. The predicted molar refractivity (Wildman–Crippen MR) is 509 cm³/mol. The molecule has 0 saturated heterocycles.